The van der Waals surface area contributed by atoms with E-state index in [1.807, 2.05) is 6.07 Å². The SMILES string of the molecule is COC1CN(NC(=O)/C=C/c2ccncc2-c2ccc(F)cc2)C1. The molecule has 0 unspecified atom stereocenters. The zero-order valence-electron chi connectivity index (χ0n) is 13.3. The molecule has 5 nitrogen and oxygen atoms in total. The summed E-state index contributed by atoms with van der Waals surface area (Å²) in [5.74, 6) is -0.491. The molecule has 0 atom stereocenters. The monoisotopic (exact) mass is 327 g/mol. The summed E-state index contributed by atoms with van der Waals surface area (Å²) in [6, 6.07) is 7.99. The van der Waals surface area contributed by atoms with Crippen LogP contribution in [0, 0.1) is 5.82 Å². The van der Waals surface area contributed by atoms with Crippen molar-refractivity contribution in [2.24, 2.45) is 0 Å². The molecule has 1 aromatic carbocycles. The highest BCUT2D eigenvalue weighted by Crippen LogP contribution is 2.24. The molecule has 1 fully saturated rings. The van der Waals surface area contributed by atoms with Gasteiger partial charge in [-0.1, -0.05) is 12.1 Å². The predicted octanol–water partition coefficient (Wildman–Crippen LogP) is 2.26. The van der Waals surface area contributed by atoms with Gasteiger partial charge in [0.15, 0.2) is 0 Å². The van der Waals surface area contributed by atoms with Gasteiger partial charge in [0, 0.05) is 44.2 Å². The first-order valence-corrected chi connectivity index (χ1v) is 7.62. The van der Waals surface area contributed by atoms with Gasteiger partial charge in [0.25, 0.3) is 5.91 Å². The number of hydrogen-bond acceptors (Lipinski definition) is 4. The molecule has 1 aliphatic rings. The normalized spacial score (nSPS) is 15.4. The number of halogens is 1. The van der Waals surface area contributed by atoms with Crippen molar-refractivity contribution in [3.05, 3.63) is 60.2 Å². The minimum atomic E-state index is -0.289. The third kappa shape index (κ3) is 3.84. The van der Waals surface area contributed by atoms with Crippen LogP contribution < -0.4 is 5.43 Å². The number of ether oxygens (including phenoxy) is 1. The molecular weight excluding hydrogens is 309 g/mol. The largest absolute Gasteiger partial charge is 0.379 e. The number of benzene rings is 1. The topological polar surface area (TPSA) is 54.5 Å². The first-order valence-electron chi connectivity index (χ1n) is 7.62. The van der Waals surface area contributed by atoms with Crippen molar-refractivity contribution in [2.45, 2.75) is 6.10 Å². The first-order chi connectivity index (χ1) is 11.7. The summed E-state index contributed by atoms with van der Waals surface area (Å²) in [5, 5.41) is 1.80. The van der Waals surface area contributed by atoms with E-state index < -0.39 is 0 Å². The van der Waals surface area contributed by atoms with E-state index >= 15 is 0 Å². The van der Waals surface area contributed by atoms with Crippen molar-refractivity contribution < 1.29 is 13.9 Å². The molecule has 1 saturated heterocycles. The van der Waals surface area contributed by atoms with Gasteiger partial charge in [0.05, 0.1) is 6.10 Å². The van der Waals surface area contributed by atoms with Crippen molar-refractivity contribution >= 4 is 12.0 Å². The number of pyridine rings is 1. The minimum Gasteiger partial charge on any atom is -0.379 e. The number of hydrazine groups is 1. The fourth-order valence-electron chi connectivity index (χ4n) is 2.46. The number of nitrogens with one attached hydrogen (secondary N) is 1. The van der Waals surface area contributed by atoms with E-state index in [1.54, 1.807) is 42.7 Å². The maximum Gasteiger partial charge on any atom is 0.258 e. The lowest BCUT2D eigenvalue weighted by molar-refractivity contribution is -0.128. The van der Waals surface area contributed by atoms with Gasteiger partial charge in [0.2, 0.25) is 0 Å². The number of methoxy groups -OCH3 is 1. The van der Waals surface area contributed by atoms with Gasteiger partial charge >= 0.3 is 0 Å². The molecule has 1 amide bonds. The molecule has 3 rings (SSSR count). The van der Waals surface area contributed by atoms with E-state index in [0.717, 1.165) is 16.7 Å². The molecule has 1 aliphatic heterocycles. The second-order valence-corrected chi connectivity index (χ2v) is 5.54. The van der Waals surface area contributed by atoms with Crippen molar-refractivity contribution in [1.29, 1.82) is 0 Å². The molecule has 1 aromatic heterocycles. The zero-order chi connectivity index (χ0) is 16.9. The number of aromatic nitrogens is 1. The Bertz CT molecular complexity index is 740. The number of carbonyl (C=O) groups excluding carboxylic acids is 1. The van der Waals surface area contributed by atoms with Crippen LogP contribution in [-0.2, 0) is 9.53 Å². The fourth-order valence-corrected chi connectivity index (χ4v) is 2.46. The molecule has 0 saturated carbocycles. The van der Waals surface area contributed by atoms with E-state index in [1.165, 1.54) is 18.2 Å². The molecule has 2 aromatic rings. The summed E-state index contributed by atoms with van der Waals surface area (Å²) in [4.78, 5) is 16.1. The second-order valence-electron chi connectivity index (χ2n) is 5.54. The summed E-state index contributed by atoms with van der Waals surface area (Å²) in [5.41, 5.74) is 5.30. The van der Waals surface area contributed by atoms with Gasteiger partial charge in [-0.05, 0) is 35.4 Å². The summed E-state index contributed by atoms with van der Waals surface area (Å²) >= 11 is 0. The second kappa shape index (κ2) is 7.33. The molecule has 6 heteroatoms. The van der Waals surface area contributed by atoms with Gasteiger partial charge in [-0.2, -0.15) is 0 Å². The van der Waals surface area contributed by atoms with Gasteiger partial charge < -0.3 is 4.74 Å². The fraction of sp³-hybridized carbons (Fsp3) is 0.222. The van der Waals surface area contributed by atoms with E-state index in [9.17, 15) is 9.18 Å². The number of nitrogens with zero attached hydrogens (tertiary/aromatic N) is 2. The Labute approximate surface area is 139 Å². The molecular formula is C18H18FN3O2. The number of carbonyl (C=O) groups is 1. The molecule has 0 bridgehead atoms. The van der Waals surface area contributed by atoms with E-state index in [4.69, 9.17) is 4.74 Å². The molecule has 0 spiro atoms. The summed E-state index contributed by atoms with van der Waals surface area (Å²) in [7, 11) is 1.66. The van der Waals surface area contributed by atoms with Crippen LogP contribution in [0.15, 0.2) is 48.8 Å². The van der Waals surface area contributed by atoms with E-state index in [2.05, 4.69) is 10.4 Å². The summed E-state index contributed by atoms with van der Waals surface area (Å²) < 4.78 is 18.2. The third-order valence-electron chi connectivity index (χ3n) is 3.87. The van der Waals surface area contributed by atoms with Crippen molar-refractivity contribution in [2.75, 3.05) is 20.2 Å². The smallest absolute Gasteiger partial charge is 0.258 e. The van der Waals surface area contributed by atoms with Gasteiger partial charge in [-0.15, -0.1) is 0 Å². The van der Waals surface area contributed by atoms with Crippen molar-refractivity contribution in [1.82, 2.24) is 15.4 Å². The Morgan fingerprint density at radius 3 is 2.79 bits per heavy atom. The highest BCUT2D eigenvalue weighted by atomic mass is 19.1. The average Bonchev–Trinajstić information content (AvgIpc) is 2.57. The van der Waals surface area contributed by atoms with Gasteiger partial charge in [0.1, 0.15) is 5.82 Å². The van der Waals surface area contributed by atoms with Crippen molar-refractivity contribution in [3.63, 3.8) is 0 Å². The highest BCUT2D eigenvalue weighted by molar-refractivity contribution is 5.92. The molecule has 1 N–H and O–H groups in total. The van der Waals surface area contributed by atoms with Crippen LogP contribution in [-0.4, -0.2) is 42.2 Å². The molecule has 2 heterocycles. The van der Waals surface area contributed by atoms with Crippen molar-refractivity contribution in [3.8, 4) is 11.1 Å². The lowest BCUT2D eigenvalue weighted by atomic mass is 10.0. The number of hydrogen-bond donors (Lipinski definition) is 1. The standard InChI is InChI=1S/C18H18FN3O2/c1-24-16-11-22(12-16)21-18(23)7-4-14-8-9-20-10-17(14)13-2-5-15(19)6-3-13/h2-10,16H,11-12H2,1H3,(H,21,23)/b7-4+. The maximum atomic E-state index is 13.1. The zero-order valence-corrected chi connectivity index (χ0v) is 13.3. The minimum absolute atomic E-state index is 0.180. The van der Waals surface area contributed by atoms with Crippen LogP contribution in [0.4, 0.5) is 4.39 Å². The van der Waals surface area contributed by atoms with Crippen LogP contribution in [0.25, 0.3) is 17.2 Å². The van der Waals surface area contributed by atoms with Crippen LogP contribution in [0.3, 0.4) is 0 Å². The molecule has 24 heavy (non-hydrogen) atoms. The molecule has 124 valence electrons. The maximum absolute atomic E-state index is 13.1. The van der Waals surface area contributed by atoms with E-state index in [0.29, 0.717) is 13.1 Å². The van der Waals surface area contributed by atoms with Crippen LogP contribution in [0.5, 0.6) is 0 Å². The quantitative estimate of drug-likeness (QED) is 0.856. The van der Waals surface area contributed by atoms with Crippen LogP contribution in [0.2, 0.25) is 0 Å². The average molecular weight is 327 g/mol. The van der Waals surface area contributed by atoms with Gasteiger partial charge in [-0.3, -0.25) is 15.2 Å². The van der Waals surface area contributed by atoms with Crippen LogP contribution in [0.1, 0.15) is 5.56 Å². The lowest BCUT2D eigenvalue weighted by Gasteiger charge is -2.37. The predicted molar refractivity (Wildman–Crippen MR) is 89.2 cm³/mol. The summed E-state index contributed by atoms with van der Waals surface area (Å²) in [6.45, 7) is 1.37. The Morgan fingerprint density at radius 1 is 1.33 bits per heavy atom. The highest BCUT2D eigenvalue weighted by Gasteiger charge is 2.26. The number of rotatable bonds is 5. The summed E-state index contributed by atoms with van der Waals surface area (Å²) in [6.07, 6.45) is 6.73. The Kier molecular flexibility index (Phi) is 4.98. The Hall–Kier alpha value is -2.57. The Balaban J connectivity index is 1.69. The van der Waals surface area contributed by atoms with Crippen LogP contribution >= 0.6 is 0 Å². The lowest BCUT2D eigenvalue weighted by Crippen LogP contribution is -2.59. The van der Waals surface area contributed by atoms with Gasteiger partial charge in [-0.25, -0.2) is 9.40 Å². The molecule has 0 radical (unpaired) electrons. The Morgan fingerprint density at radius 2 is 2.08 bits per heavy atom. The third-order valence-corrected chi connectivity index (χ3v) is 3.87. The first kappa shape index (κ1) is 16.3. The number of amides is 1. The molecule has 0 aliphatic carbocycles. The van der Waals surface area contributed by atoms with E-state index in [-0.39, 0.29) is 17.8 Å².